The maximum absolute atomic E-state index is 12.7. The second-order valence-electron chi connectivity index (χ2n) is 16.2. The summed E-state index contributed by atoms with van der Waals surface area (Å²) < 4.78 is 34.2. The van der Waals surface area contributed by atoms with E-state index in [-0.39, 0.29) is 32.2 Å². The van der Waals surface area contributed by atoms with Gasteiger partial charge in [0.05, 0.1) is 33.9 Å². The van der Waals surface area contributed by atoms with Gasteiger partial charge in [-0.15, -0.1) is 0 Å². The molecule has 0 bridgehead atoms. The molecule has 2 N–H and O–H groups in total. The molecule has 0 rings (SSSR count). The number of nitrogens with zero attached hydrogens (tertiary/aromatic N) is 1. The molecule has 0 aromatic heterocycles. The molecule has 0 amide bonds. The Morgan fingerprint density at radius 3 is 1.57 bits per heavy atom. The Hall–Kier alpha value is -3.11. The molecule has 11 heteroatoms. The van der Waals surface area contributed by atoms with E-state index in [1.165, 1.54) is 25.7 Å². The van der Waals surface area contributed by atoms with Crippen molar-refractivity contribution in [2.45, 2.75) is 161 Å². The molecule has 0 aliphatic heterocycles. The van der Waals surface area contributed by atoms with E-state index in [4.69, 9.17) is 18.5 Å². The molecule has 0 heterocycles. The zero-order valence-corrected chi connectivity index (χ0v) is 39.6. The number of phosphoric ester groups is 1. The molecule has 0 fully saturated rings. The first-order valence-electron chi connectivity index (χ1n) is 23.1. The lowest BCUT2D eigenvalue weighted by Crippen LogP contribution is -2.37. The normalized spacial score (nSPS) is 14.9. The molecule has 0 saturated carbocycles. The Morgan fingerprint density at radius 2 is 1.05 bits per heavy atom. The Kier molecular flexibility index (Phi) is 38.8. The van der Waals surface area contributed by atoms with Gasteiger partial charge in [-0.3, -0.25) is 18.6 Å². The Labute approximate surface area is 371 Å². The van der Waals surface area contributed by atoms with Crippen LogP contribution in [0.1, 0.15) is 149 Å². The number of allylic oxidation sites excluding steroid dienone is 15. The summed E-state index contributed by atoms with van der Waals surface area (Å²) in [6.07, 6.45) is 50.8. The van der Waals surface area contributed by atoms with Crippen LogP contribution in [-0.2, 0) is 32.7 Å². The number of aliphatic hydroxyl groups excluding tert-OH is 1. The number of likely N-dealkylation sites (N-methyl/N-ethyl adjacent to an activating group) is 1. The lowest BCUT2D eigenvalue weighted by atomic mass is 10.1. The van der Waals surface area contributed by atoms with Crippen molar-refractivity contribution < 1.29 is 47.2 Å². The number of ether oxygens (including phenoxy) is 2. The molecule has 10 nitrogen and oxygen atoms in total. The van der Waals surface area contributed by atoms with Gasteiger partial charge in [0.2, 0.25) is 0 Å². The third-order valence-electron chi connectivity index (χ3n) is 9.16. The number of hydrogen-bond acceptors (Lipinski definition) is 8. The second-order valence-corrected chi connectivity index (χ2v) is 17.7. The number of unbranched alkanes of at least 4 members (excludes halogenated alkanes) is 8. The van der Waals surface area contributed by atoms with Crippen molar-refractivity contribution in [1.29, 1.82) is 0 Å². The molecule has 0 radical (unpaired) electrons. The van der Waals surface area contributed by atoms with Crippen LogP contribution in [0.3, 0.4) is 0 Å². The monoisotopic (exact) mass is 875 g/mol. The highest BCUT2D eigenvalue weighted by Crippen LogP contribution is 2.43. The highest BCUT2D eigenvalue weighted by Gasteiger charge is 2.27. The SMILES string of the molecule is CCCCC/C=C\C/C=C\C/C=C\C/C=C\CCCCCC(=O)O[C@H](COC(=O)CCC/C=C\C/C=C\C/C=C\C/C=C\[C@@H](O)CCCC)COP(=O)(O)OCC[N+](C)(C)C. The van der Waals surface area contributed by atoms with Gasteiger partial charge in [0.25, 0.3) is 0 Å². The van der Waals surface area contributed by atoms with E-state index in [1.54, 1.807) is 0 Å². The summed E-state index contributed by atoms with van der Waals surface area (Å²) in [5, 5.41) is 9.83. The van der Waals surface area contributed by atoms with Crippen LogP contribution in [-0.4, -0.2) is 86.1 Å². The summed E-state index contributed by atoms with van der Waals surface area (Å²) >= 11 is 0. The molecule has 0 aliphatic rings. The first kappa shape index (κ1) is 57.9. The minimum atomic E-state index is -4.41. The molecule has 61 heavy (non-hydrogen) atoms. The Bertz CT molecular complexity index is 1370. The van der Waals surface area contributed by atoms with Gasteiger partial charge in [-0.2, -0.15) is 0 Å². The quantitative estimate of drug-likeness (QED) is 0.0203. The maximum atomic E-state index is 12.7. The van der Waals surface area contributed by atoms with Gasteiger partial charge in [-0.05, 0) is 89.9 Å². The molecule has 348 valence electrons. The van der Waals surface area contributed by atoms with E-state index in [1.807, 2.05) is 39.4 Å². The van der Waals surface area contributed by atoms with Gasteiger partial charge in [-0.25, -0.2) is 4.57 Å². The average molecular weight is 875 g/mol. The summed E-state index contributed by atoms with van der Waals surface area (Å²) in [5.41, 5.74) is 0. The number of hydrogen-bond donors (Lipinski definition) is 2. The van der Waals surface area contributed by atoms with Gasteiger partial charge < -0.3 is 24.0 Å². The van der Waals surface area contributed by atoms with Gasteiger partial charge in [0, 0.05) is 12.8 Å². The molecule has 0 spiro atoms. The molecule has 0 aromatic carbocycles. The number of aliphatic hydroxyl groups is 1. The average Bonchev–Trinajstić information content (AvgIpc) is 3.21. The second kappa shape index (κ2) is 40.9. The number of carbonyl (C=O) groups excluding carboxylic acids is 2. The van der Waals surface area contributed by atoms with Crippen molar-refractivity contribution in [2.75, 3.05) is 47.5 Å². The van der Waals surface area contributed by atoms with Crippen LogP contribution in [0.2, 0.25) is 0 Å². The number of rotatable bonds is 40. The van der Waals surface area contributed by atoms with Gasteiger partial charge in [0.1, 0.15) is 19.8 Å². The van der Waals surface area contributed by atoms with Crippen LogP contribution in [0.5, 0.6) is 0 Å². The highest BCUT2D eigenvalue weighted by molar-refractivity contribution is 7.47. The smallest absolute Gasteiger partial charge is 0.462 e. The lowest BCUT2D eigenvalue weighted by Gasteiger charge is -2.24. The zero-order valence-electron chi connectivity index (χ0n) is 38.7. The molecule has 0 aromatic rings. The van der Waals surface area contributed by atoms with E-state index >= 15 is 0 Å². The van der Waals surface area contributed by atoms with Crippen molar-refractivity contribution in [3.05, 3.63) is 97.2 Å². The molecule has 3 atom stereocenters. The van der Waals surface area contributed by atoms with E-state index in [0.717, 1.165) is 77.0 Å². The first-order chi connectivity index (χ1) is 29.4. The van der Waals surface area contributed by atoms with Gasteiger partial charge in [-0.1, -0.05) is 143 Å². The van der Waals surface area contributed by atoms with Crippen LogP contribution in [0, 0.1) is 0 Å². The molecular formula is C50H85NO9P+. The maximum Gasteiger partial charge on any atom is 0.472 e. The van der Waals surface area contributed by atoms with E-state index in [2.05, 4.69) is 92.8 Å². The number of quaternary nitrogens is 1. The summed E-state index contributed by atoms with van der Waals surface area (Å²) in [4.78, 5) is 35.4. The van der Waals surface area contributed by atoms with Gasteiger partial charge >= 0.3 is 19.8 Å². The van der Waals surface area contributed by atoms with Crippen LogP contribution in [0.15, 0.2) is 97.2 Å². The molecule has 1 unspecified atom stereocenters. The predicted molar refractivity (Wildman–Crippen MR) is 253 cm³/mol. The molecular weight excluding hydrogens is 790 g/mol. The third-order valence-corrected chi connectivity index (χ3v) is 10.1. The Morgan fingerprint density at radius 1 is 0.574 bits per heavy atom. The minimum Gasteiger partial charge on any atom is -0.462 e. The highest BCUT2D eigenvalue weighted by atomic mass is 31.2. The standard InChI is InChI=1S/C50H84NO9P/c1-6-8-10-11-12-13-14-15-16-17-18-19-20-21-26-29-32-35-38-42-50(54)60-48(46-59-61(55,56)58-44-43-51(3,4)5)45-57-49(53)41-37-34-31-28-25-23-22-24-27-30-33-36-40-47(52)39-9-7-2/h12-13,15-16,18-19,21-23,26-28,30-31,36,40,47-48,52H,6-11,14,17,20,24-25,29,32-35,37-39,41-46H2,1-5H3/p+1/b13-12-,16-15-,19-18-,23-22-,26-21-,30-27-,31-28-,40-36-/t47-,48+/m0/s1. The zero-order chi connectivity index (χ0) is 45.1. The van der Waals surface area contributed by atoms with Crippen molar-refractivity contribution in [3.8, 4) is 0 Å². The third kappa shape index (κ3) is 44.7. The van der Waals surface area contributed by atoms with Crippen LogP contribution in [0.4, 0.5) is 0 Å². The van der Waals surface area contributed by atoms with Crippen molar-refractivity contribution in [2.24, 2.45) is 0 Å². The van der Waals surface area contributed by atoms with E-state index < -0.39 is 32.5 Å². The summed E-state index contributed by atoms with van der Waals surface area (Å²) in [5.74, 6) is -0.933. The summed E-state index contributed by atoms with van der Waals surface area (Å²) in [6.45, 7) is 4.10. The van der Waals surface area contributed by atoms with Crippen molar-refractivity contribution in [1.82, 2.24) is 0 Å². The van der Waals surface area contributed by atoms with E-state index in [0.29, 0.717) is 30.3 Å². The number of carbonyl (C=O) groups is 2. The van der Waals surface area contributed by atoms with Crippen LogP contribution >= 0.6 is 7.82 Å². The van der Waals surface area contributed by atoms with Crippen LogP contribution < -0.4 is 0 Å². The van der Waals surface area contributed by atoms with E-state index in [9.17, 15) is 24.2 Å². The number of esters is 2. The van der Waals surface area contributed by atoms with Crippen LogP contribution in [0.25, 0.3) is 0 Å². The van der Waals surface area contributed by atoms with Gasteiger partial charge in [0.15, 0.2) is 6.10 Å². The topological polar surface area (TPSA) is 129 Å². The Balaban J connectivity index is 4.54. The minimum absolute atomic E-state index is 0.00422. The molecule has 0 aliphatic carbocycles. The fourth-order valence-corrected chi connectivity index (χ4v) is 6.22. The fourth-order valence-electron chi connectivity index (χ4n) is 5.48. The van der Waals surface area contributed by atoms with Crippen molar-refractivity contribution >= 4 is 19.8 Å². The summed E-state index contributed by atoms with van der Waals surface area (Å²) in [7, 11) is 1.38. The lowest BCUT2D eigenvalue weighted by molar-refractivity contribution is -0.870. The first-order valence-corrected chi connectivity index (χ1v) is 24.5. The predicted octanol–water partition coefficient (Wildman–Crippen LogP) is 12.3. The van der Waals surface area contributed by atoms with Crippen molar-refractivity contribution in [3.63, 3.8) is 0 Å². The number of phosphoric acid groups is 1. The fraction of sp³-hybridized carbons (Fsp3) is 0.640. The summed E-state index contributed by atoms with van der Waals surface area (Å²) in [6, 6.07) is 0. The largest absolute Gasteiger partial charge is 0.472 e. The molecule has 0 saturated heterocycles.